The quantitative estimate of drug-likeness (QED) is 0.374. The van der Waals surface area contributed by atoms with Crippen LogP contribution in [0.1, 0.15) is 33.6 Å². The molecule has 1 aromatic rings. The second kappa shape index (κ2) is 9.74. The zero-order valence-corrected chi connectivity index (χ0v) is 20.3. The van der Waals surface area contributed by atoms with Crippen molar-refractivity contribution in [3.63, 3.8) is 0 Å². The van der Waals surface area contributed by atoms with Crippen molar-refractivity contribution in [2.75, 3.05) is 51.1 Å². The Kier molecular flexibility index (Phi) is 6.93. The van der Waals surface area contributed by atoms with Crippen molar-refractivity contribution in [2.24, 2.45) is 17.3 Å². The summed E-state index contributed by atoms with van der Waals surface area (Å²) < 4.78 is 0. The zero-order valence-electron chi connectivity index (χ0n) is 20.3. The highest BCUT2D eigenvalue weighted by Gasteiger charge is 2.51. The number of benzene rings is 1. The van der Waals surface area contributed by atoms with Gasteiger partial charge in [0.2, 0.25) is 5.91 Å². The molecule has 1 aromatic carbocycles. The number of amides is 3. The Bertz CT molecular complexity index is 966. The number of hydrogen-bond acceptors (Lipinski definition) is 5. The summed E-state index contributed by atoms with van der Waals surface area (Å²) in [4.78, 5) is 41.2. The molecule has 34 heavy (non-hydrogen) atoms. The molecule has 2 unspecified atom stereocenters. The maximum atomic E-state index is 12.6. The molecule has 2 bridgehead atoms. The van der Waals surface area contributed by atoms with Crippen LogP contribution in [-0.2, 0) is 4.79 Å². The first kappa shape index (κ1) is 24.2. The van der Waals surface area contributed by atoms with Crippen LogP contribution in [0.15, 0.2) is 35.9 Å². The van der Waals surface area contributed by atoms with Gasteiger partial charge >= 0.3 is 6.03 Å². The lowest BCUT2D eigenvalue weighted by molar-refractivity contribution is -0.384. The van der Waals surface area contributed by atoms with E-state index in [0.717, 1.165) is 38.5 Å². The van der Waals surface area contributed by atoms with E-state index in [1.165, 1.54) is 36.3 Å². The third-order valence-corrected chi connectivity index (χ3v) is 8.08. The number of urea groups is 1. The molecule has 1 heterocycles. The van der Waals surface area contributed by atoms with Gasteiger partial charge in [0.05, 0.1) is 4.92 Å². The Balaban J connectivity index is 1.22. The number of nitro benzene ring substituents is 1. The number of carbonyl (C=O) groups excluding carboxylic acids is 2. The molecule has 184 valence electrons. The van der Waals surface area contributed by atoms with E-state index in [1.807, 2.05) is 4.90 Å². The molecule has 1 N–H and O–H groups in total. The number of allylic oxidation sites excluding steroid dienone is 1. The summed E-state index contributed by atoms with van der Waals surface area (Å²) in [6, 6.07) is 5.62. The maximum Gasteiger partial charge on any atom is 0.321 e. The molecule has 0 aromatic heterocycles. The first-order chi connectivity index (χ1) is 16.1. The van der Waals surface area contributed by atoms with Crippen molar-refractivity contribution in [3.05, 3.63) is 46.0 Å². The average molecular weight is 470 g/mol. The lowest BCUT2D eigenvalue weighted by Gasteiger charge is -2.57. The Morgan fingerprint density at radius 3 is 2.41 bits per heavy atom. The summed E-state index contributed by atoms with van der Waals surface area (Å²) in [6.45, 7) is 11.3. The molecule has 3 aliphatic carbocycles. The van der Waals surface area contributed by atoms with Gasteiger partial charge in [0.1, 0.15) is 0 Å². The van der Waals surface area contributed by atoms with Crippen molar-refractivity contribution in [3.8, 4) is 0 Å². The van der Waals surface area contributed by atoms with Crippen LogP contribution >= 0.6 is 0 Å². The van der Waals surface area contributed by atoms with Gasteiger partial charge < -0.3 is 15.1 Å². The summed E-state index contributed by atoms with van der Waals surface area (Å²) in [5.74, 6) is 1.51. The molecule has 0 spiro atoms. The predicted octanol–water partition coefficient (Wildman–Crippen LogP) is 3.59. The van der Waals surface area contributed by atoms with Crippen molar-refractivity contribution in [1.29, 1.82) is 0 Å². The minimum absolute atomic E-state index is 0.00779. The van der Waals surface area contributed by atoms with E-state index in [0.29, 0.717) is 36.7 Å². The van der Waals surface area contributed by atoms with Crippen LogP contribution in [0.2, 0.25) is 0 Å². The number of anilines is 1. The Labute approximate surface area is 200 Å². The highest BCUT2D eigenvalue weighted by molar-refractivity contribution is 5.89. The standard InChI is InChI=1S/C25H35N5O4/c1-18(31)29(17-19-4-5-20-16-23(19)25(20,2)3)15-12-27-10-13-28(14-11-27)24(32)26-21-6-8-22(9-7-21)30(33)34/h4,6-9,20,23H,5,10-17H2,1-3H3,(H,26,32). The van der Waals surface area contributed by atoms with Crippen molar-refractivity contribution in [1.82, 2.24) is 14.7 Å². The van der Waals surface area contributed by atoms with Crippen LogP contribution in [0.3, 0.4) is 0 Å². The van der Waals surface area contributed by atoms with Gasteiger partial charge in [-0.05, 0) is 42.2 Å². The smallest absolute Gasteiger partial charge is 0.321 e. The summed E-state index contributed by atoms with van der Waals surface area (Å²) in [7, 11) is 0. The molecule has 2 atom stereocenters. The number of carbonyl (C=O) groups is 2. The molecule has 1 saturated heterocycles. The molecule has 5 rings (SSSR count). The minimum atomic E-state index is -0.465. The van der Waals surface area contributed by atoms with Crippen LogP contribution in [0, 0.1) is 27.4 Å². The summed E-state index contributed by atoms with van der Waals surface area (Å²) in [5, 5.41) is 13.6. The number of rotatable bonds is 7. The second-order valence-electron chi connectivity index (χ2n) is 10.3. The maximum absolute atomic E-state index is 12.6. The van der Waals surface area contributed by atoms with Crippen LogP contribution in [0.5, 0.6) is 0 Å². The Morgan fingerprint density at radius 2 is 1.85 bits per heavy atom. The van der Waals surface area contributed by atoms with Gasteiger partial charge in [0.15, 0.2) is 0 Å². The van der Waals surface area contributed by atoms with E-state index in [4.69, 9.17) is 0 Å². The molecule has 3 amide bonds. The van der Waals surface area contributed by atoms with Crippen molar-refractivity contribution in [2.45, 2.75) is 33.6 Å². The topological polar surface area (TPSA) is 99.0 Å². The van der Waals surface area contributed by atoms with Gasteiger partial charge in [0.25, 0.3) is 5.69 Å². The van der Waals surface area contributed by atoms with Gasteiger partial charge in [-0.2, -0.15) is 0 Å². The summed E-state index contributed by atoms with van der Waals surface area (Å²) in [5.41, 5.74) is 2.31. The second-order valence-corrected chi connectivity index (χ2v) is 10.3. The fourth-order valence-electron chi connectivity index (χ4n) is 5.53. The molecular formula is C25H35N5O4. The normalized spacial score (nSPS) is 23.5. The van der Waals surface area contributed by atoms with E-state index in [-0.39, 0.29) is 17.6 Å². The van der Waals surface area contributed by atoms with E-state index >= 15 is 0 Å². The molecule has 9 heteroatoms. The third-order valence-electron chi connectivity index (χ3n) is 8.08. The van der Waals surface area contributed by atoms with Crippen LogP contribution in [-0.4, -0.2) is 77.4 Å². The molecule has 4 aliphatic rings. The highest BCUT2D eigenvalue weighted by Crippen LogP contribution is 2.59. The Morgan fingerprint density at radius 1 is 1.18 bits per heavy atom. The summed E-state index contributed by atoms with van der Waals surface area (Å²) in [6.07, 6.45) is 4.76. The number of nitrogens with zero attached hydrogens (tertiary/aromatic N) is 4. The van der Waals surface area contributed by atoms with Gasteiger partial charge in [0, 0.05) is 70.6 Å². The van der Waals surface area contributed by atoms with Crippen LogP contribution < -0.4 is 5.32 Å². The van der Waals surface area contributed by atoms with Crippen LogP contribution in [0.4, 0.5) is 16.2 Å². The zero-order chi connectivity index (χ0) is 24.5. The monoisotopic (exact) mass is 469 g/mol. The molecular weight excluding hydrogens is 434 g/mol. The van der Waals surface area contributed by atoms with Crippen LogP contribution in [0.25, 0.3) is 0 Å². The van der Waals surface area contributed by atoms with E-state index in [1.54, 1.807) is 11.8 Å². The Hall–Kier alpha value is -2.94. The number of piperazine rings is 1. The SMILES string of the molecule is CC(=O)N(CCN1CCN(C(=O)Nc2ccc([N+](=O)[O-])cc2)CC1)CC1=CCC2CC1C2(C)C. The van der Waals surface area contributed by atoms with Crippen molar-refractivity contribution >= 4 is 23.3 Å². The predicted molar refractivity (Wildman–Crippen MR) is 130 cm³/mol. The number of nitrogens with one attached hydrogen (secondary N) is 1. The van der Waals surface area contributed by atoms with E-state index < -0.39 is 4.92 Å². The summed E-state index contributed by atoms with van der Waals surface area (Å²) >= 11 is 0. The molecule has 9 nitrogen and oxygen atoms in total. The number of nitro groups is 1. The fourth-order valence-corrected chi connectivity index (χ4v) is 5.53. The fraction of sp³-hybridized carbons (Fsp3) is 0.600. The molecule has 1 aliphatic heterocycles. The first-order valence-electron chi connectivity index (χ1n) is 12.1. The van der Waals surface area contributed by atoms with Gasteiger partial charge in [-0.25, -0.2) is 4.79 Å². The van der Waals surface area contributed by atoms with E-state index in [9.17, 15) is 19.7 Å². The average Bonchev–Trinajstić information content (AvgIpc) is 2.82. The molecule has 2 fully saturated rings. The third kappa shape index (κ3) is 5.09. The van der Waals surface area contributed by atoms with E-state index in [2.05, 4.69) is 30.1 Å². The minimum Gasteiger partial charge on any atom is -0.338 e. The number of fused-ring (bicyclic) bond motifs is 1. The number of hydrogen-bond donors (Lipinski definition) is 1. The molecule has 1 saturated carbocycles. The highest BCUT2D eigenvalue weighted by atomic mass is 16.6. The lowest BCUT2D eigenvalue weighted by atomic mass is 9.49. The lowest BCUT2D eigenvalue weighted by Crippen LogP contribution is -2.52. The molecule has 0 radical (unpaired) electrons. The van der Waals surface area contributed by atoms with Gasteiger partial charge in [-0.15, -0.1) is 0 Å². The van der Waals surface area contributed by atoms with Crippen molar-refractivity contribution < 1.29 is 14.5 Å². The largest absolute Gasteiger partial charge is 0.338 e. The van der Waals surface area contributed by atoms with Gasteiger partial charge in [-0.1, -0.05) is 25.5 Å². The number of non-ortho nitro benzene ring substituents is 1. The first-order valence-corrected chi connectivity index (χ1v) is 12.1. The van der Waals surface area contributed by atoms with Gasteiger partial charge in [-0.3, -0.25) is 19.8 Å².